The number of thiazole rings is 1. The summed E-state index contributed by atoms with van der Waals surface area (Å²) >= 11 is 1.32. The second-order valence-corrected chi connectivity index (χ2v) is 8.15. The summed E-state index contributed by atoms with van der Waals surface area (Å²) < 4.78 is 0. The Labute approximate surface area is 168 Å². The number of benzene rings is 2. The maximum atomic E-state index is 12.6. The second-order valence-electron chi connectivity index (χ2n) is 7.29. The first-order chi connectivity index (χ1) is 13.3. The van der Waals surface area contributed by atoms with Crippen molar-refractivity contribution in [2.24, 2.45) is 5.92 Å². The molecule has 0 spiro atoms. The minimum atomic E-state index is -0.293. The molecule has 146 valence electrons. The summed E-state index contributed by atoms with van der Waals surface area (Å²) in [6.45, 7) is 6.25. The normalized spacial score (nSPS) is 12.1. The SMILES string of the molecule is CC(C)Cc1ccc(C(C)C(=O)Nc2nc(-c3ccc(O)c(O)c3)cs2)cc1. The Bertz CT molecular complexity index is 964. The molecule has 2 aromatic carbocycles. The van der Waals surface area contributed by atoms with E-state index in [4.69, 9.17) is 0 Å². The molecule has 0 saturated carbocycles. The smallest absolute Gasteiger partial charge is 0.233 e. The van der Waals surface area contributed by atoms with Crippen molar-refractivity contribution in [3.8, 4) is 22.8 Å². The van der Waals surface area contributed by atoms with E-state index in [1.807, 2.05) is 19.1 Å². The van der Waals surface area contributed by atoms with Crippen molar-refractivity contribution in [2.45, 2.75) is 33.1 Å². The van der Waals surface area contributed by atoms with E-state index in [1.165, 1.54) is 29.0 Å². The van der Waals surface area contributed by atoms with Crippen molar-refractivity contribution >= 4 is 22.4 Å². The third-order valence-electron chi connectivity index (χ3n) is 4.52. The van der Waals surface area contributed by atoms with E-state index >= 15 is 0 Å². The van der Waals surface area contributed by atoms with Gasteiger partial charge in [0.1, 0.15) is 0 Å². The fourth-order valence-corrected chi connectivity index (χ4v) is 3.65. The van der Waals surface area contributed by atoms with E-state index in [2.05, 4.69) is 36.3 Å². The molecule has 1 atom stereocenters. The molecular formula is C22H24N2O3S. The standard InChI is InChI=1S/C22H24N2O3S/c1-13(2)10-15-4-6-16(7-5-15)14(3)21(27)24-22-23-18(12-28-22)17-8-9-19(25)20(26)11-17/h4-9,11-14,25-26H,10H2,1-3H3,(H,23,24,27). The van der Waals surface area contributed by atoms with Crippen LogP contribution < -0.4 is 5.32 Å². The number of hydrogen-bond acceptors (Lipinski definition) is 5. The molecule has 0 fully saturated rings. The lowest BCUT2D eigenvalue weighted by Crippen LogP contribution is -2.18. The second kappa shape index (κ2) is 8.44. The summed E-state index contributed by atoms with van der Waals surface area (Å²) in [6, 6.07) is 12.7. The van der Waals surface area contributed by atoms with E-state index < -0.39 is 0 Å². The first kappa shape index (κ1) is 19.9. The van der Waals surface area contributed by atoms with E-state index in [0.29, 0.717) is 22.3 Å². The maximum Gasteiger partial charge on any atom is 0.233 e. The van der Waals surface area contributed by atoms with Gasteiger partial charge in [-0.15, -0.1) is 11.3 Å². The molecule has 28 heavy (non-hydrogen) atoms. The predicted molar refractivity (Wildman–Crippen MR) is 113 cm³/mol. The van der Waals surface area contributed by atoms with Crippen LogP contribution in [-0.4, -0.2) is 21.1 Å². The van der Waals surface area contributed by atoms with E-state index in [9.17, 15) is 15.0 Å². The molecule has 5 nitrogen and oxygen atoms in total. The van der Waals surface area contributed by atoms with Crippen molar-refractivity contribution in [3.63, 3.8) is 0 Å². The summed E-state index contributed by atoms with van der Waals surface area (Å²) in [5.74, 6) is -0.197. The topological polar surface area (TPSA) is 82.5 Å². The van der Waals surface area contributed by atoms with Crippen LogP contribution in [0.25, 0.3) is 11.3 Å². The molecule has 0 aliphatic carbocycles. The van der Waals surface area contributed by atoms with Gasteiger partial charge in [0.25, 0.3) is 0 Å². The number of hydrogen-bond donors (Lipinski definition) is 3. The van der Waals surface area contributed by atoms with Gasteiger partial charge in [0.2, 0.25) is 5.91 Å². The summed E-state index contributed by atoms with van der Waals surface area (Å²) in [5, 5.41) is 24.2. The fraction of sp³-hybridized carbons (Fsp3) is 0.273. The van der Waals surface area contributed by atoms with Gasteiger partial charge in [-0.05, 0) is 48.6 Å². The highest BCUT2D eigenvalue weighted by Crippen LogP contribution is 2.32. The lowest BCUT2D eigenvalue weighted by molar-refractivity contribution is -0.117. The molecule has 3 rings (SSSR count). The summed E-state index contributed by atoms with van der Waals surface area (Å²) in [6.07, 6.45) is 1.02. The molecule has 0 bridgehead atoms. The molecule has 0 radical (unpaired) electrons. The lowest BCUT2D eigenvalue weighted by Gasteiger charge is -2.12. The van der Waals surface area contributed by atoms with Gasteiger partial charge in [0.05, 0.1) is 11.6 Å². The van der Waals surface area contributed by atoms with Crippen LogP contribution in [-0.2, 0) is 11.2 Å². The first-order valence-electron chi connectivity index (χ1n) is 9.21. The first-order valence-corrected chi connectivity index (χ1v) is 10.1. The van der Waals surface area contributed by atoms with Crippen molar-refractivity contribution in [1.82, 2.24) is 4.98 Å². The summed E-state index contributed by atoms with van der Waals surface area (Å²) in [7, 11) is 0. The van der Waals surface area contributed by atoms with Crippen molar-refractivity contribution in [1.29, 1.82) is 0 Å². The van der Waals surface area contributed by atoms with Crippen LogP contribution >= 0.6 is 11.3 Å². The molecule has 0 saturated heterocycles. The summed E-state index contributed by atoms with van der Waals surface area (Å²) in [5.41, 5.74) is 3.53. The van der Waals surface area contributed by atoms with Gasteiger partial charge < -0.3 is 15.5 Å². The predicted octanol–water partition coefficient (Wildman–Crippen LogP) is 5.16. The number of phenols is 2. The number of carbonyl (C=O) groups excluding carboxylic acids is 1. The molecule has 1 unspecified atom stereocenters. The quantitative estimate of drug-likeness (QED) is 0.503. The monoisotopic (exact) mass is 396 g/mol. The minimum Gasteiger partial charge on any atom is -0.504 e. The largest absolute Gasteiger partial charge is 0.504 e. The Morgan fingerprint density at radius 1 is 1.07 bits per heavy atom. The molecule has 6 heteroatoms. The Morgan fingerprint density at radius 2 is 1.79 bits per heavy atom. The molecule has 0 aliphatic heterocycles. The van der Waals surface area contributed by atoms with Crippen LogP contribution in [0.3, 0.4) is 0 Å². The number of carbonyl (C=O) groups is 1. The van der Waals surface area contributed by atoms with Gasteiger partial charge in [-0.3, -0.25) is 4.79 Å². The summed E-state index contributed by atoms with van der Waals surface area (Å²) in [4.78, 5) is 17.0. The van der Waals surface area contributed by atoms with Gasteiger partial charge in [-0.2, -0.15) is 0 Å². The van der Waals surface area contributed by atoms with Crippen molar-refractivity contribution in [3.05, 3.63) is 59.0 Å². The van der Waals surface area contributed by atoms with Gasteiger partial charge >= 0.3 is 0 Å². The zero-order valence-corrected chi connectivity index (χ0v) is 17.0. The minimum absolute atomic E-state index is 0.119. The highest BCUT2D eigenvalue weighted by Gasteiger charge is 2.17. The van der Waals surface area contributed by atoms with Gasteiger partial charge in [0, 0.05) is 10.9 Å². The Kier molecular flexibility index (Phi) is 5.99. The van der Waals surface area contributed by atoms with E-state index in [1.54, 1.807) is 11.4 Å². The molecule has 3 aromatic rings. The number of nitrogens with zero attached hydrogens (tertiary/aromatic N) is 1. The average molecular weight is 397 g/mol. The van der Waals surface area contributed by atoms with Crippen molar-refractivity contribution < 1.29 is 15.0 Å². The number of rotatable bonds is 6. The van der Waals surface area contributed by atoms with Crippen LogP contribution in [0.4, 0.5) is 5.13 Å². The highest BCUT2D eigenvalue weighted by molar-refractivity contribution is 7.14. The zero-order chi connectivity index (χ0) is 20.3. The van der Waals surface area contributed by atoms with Crippen LogP contribution in [0.15, 0.2) is 47.8 Å². The van der Waals surface area contributed by atoms with Gasteiger partial charge in [0.15, 0.2) is 16.6 Å². The number of nitrogens with one attached hydrogen (secondary N) is 1. The molecule has 1 heterocycles. The number of aromatic nitrogens is 1. The van der Waals surface area contributed by atoms with Gasteiger partial charge in [-0.25, -0.2) is 4.98 Å². The average Bonchev–Trinajstić information content (AvgIpc) is 3.12. The number of phenolic OH excluding ortho intramolecular Hbond substituents is 2. The molecule has 1 aromatic heterocycles. The van der Waals surface area contributed by atoms with Crippen LogP contribution in [0, 0.1) is 5.92 Å². The third kappa shape index (κ3) is 4.70. The Hall–Kier alpha value is -2.86. The number of anilines is 1. The fourth-order valence-electron chi connectivity index (χ4n) is 2.93. The Morgan fingerprint density at radius 3 is 2.43 bits per heavy atom. The molecule has 0 aliphatic rings. The number of aromatic hydroxyl groups is 2. The molecule has 3 N–H and O–H groups in total. The maximum absolute atomic E-state index is 12.6. The lowest BCUT2D eigenvalue weighted by atomic mass is 9.96. The zero-order valence-electron chi connectivity index (χ0n) is 16.1. The Balaban J connectivity index is 1.67. The molecule has 1 amide bonds. The van der Waals surface area contributed by atoms with E-state index in [-0.39, 0.29) is 23.3 Å². The third-order valence-corrected chi connectivity index (χ3v) is 5.28. The van der Waals surface area contributed by atoms with Crippen molar-refractivity contribution in [2.75, 3.05) is 5.32 Å². The van der Waals surface area contributed by atoms with Crippen LogP contribution in [0.1, 0.15) is 37.8 Å². The van der Waals surface area contributed by atoms with Gasteiger partial charge in [-0.1, -0.05) is 38.1 Å². The number of amides is 1. The molecular weight excluding hydrogens is 372 g/mol. The van der Waals surface area contributed by atoms with E-state index in [0.717, 1.165) is 12.0 Å². The van der Waals surface area contributed by atoms with Crippen LogP contribution in [0.5, 0.6) is 11.5 Å². The highest BCUT2D eigenvalue weighted by atomic mass is 32.1. The van der Waals surface area contributed by atoms with Crippen LogP contribution in [0.2, 0.25) is 0 Å².